The van der Waals surface area contributed by atoms with Crippen molar-refractivity contribution in [1.29, 1.82) is 5.39 Å². The second kappa shape index (κ2) is 2.95. The van der Waals surface area contributed by atoms with Crippen LogP contribution in [0.2, 0.25) is 0 Å². The summed E-state index contributed by atoms with van der Waals surface area (Å²) in [6.45, 7) is -0.0970. The van der Waals surface area contributed by atoms with Crippen LogP contribution in [0.4, 0.5) is 5.69 Å². The number of diazo groups is 1. The van der Waals surface area contributed by atoms with E-state index in [0.717, 1.165) is 0 Å². The summed E-state index contributed by atoms with van der Waals surface area (Å²) in [5.74, 6) is 0. The first-order valence-corrected chi connectivity index (χ1v) is 2.92. The van der Waals surface area contributed by atoms with Gasteiger partial charge in [0.25, 0.3) is 0 Å². The molecule has 50 valence electrons. The molecule has 0 saturated carbocycles. The Morgan fingerprint density at radius 2 is 2.10 bits per heavy atom. The maximum Gasteiger partial charge on any atom is 0.390 e. The van der Waals surface area contributed by atoms with Crippen molar-refractivity contribution in [3.8, 4) is 0 Å². The Bertz CT molecular complexity index is 265. The van der Waals surface area contributed by atoms with Gasteiger partial charge in [-0.05, 0) is 6.07 Å². The molecule has 1 aromatic rings. The van der Waals surface area contributed by atoms with Gasteiger partial charge in [-0.3, -0.25) is 0 Å². The molecule has 0 spiro atoms. The van der Waals surface area contributed by atoms with Crippen molar-refractivity contribution < 1.29 is 5.11 Å². The van der Waals surface area contributed by atoms with Gasteiger partial charge in [0.2, 0.25) is 5.39 Å². The summed E-state index contributed by atoms with van der Waals surface area (Å²) < 4.78 is 0. The maximum absolute atomic E-state index is 8.68. The van der Waals surface area contributed by atoms with Crippen LogP contribution in [0, 0.1) is 5.39 Å². The van der Waals surface area contributed by atoms with Gasteiger partial charge in [0.05, 0.1) is 12.2 Å². The van der Waals surface area contributed by atoms with E-state index in [9.17, 15) is 0 Å². The van der Waals surface area contributed by atoms with Crippen LogP contribution in [-0.2, 0) is 6.61 Å². The van der Waals surface area contributed by atoms with E-state index in [1.165, 1.54) is 0 Å². The largest absolute Gasteiger partial charge is 0.391 e. The van der Waals surface area contributed by atoms with Gasteiger partial charge in [0.1, 0.15) is 0 Å². The van der Waals surface area contributed by atoms with Gasteiger partial charge in [0, 0.05) is 6.07 Å². The summed E-state index contributed by atoms with van der Waals surface area (Å²) in [4.78, 5) is 2.98. The molecule has 0 heterocycles. The lowest BCUT2D eigenvalue weighted by atomic mass is 10.2. The second-order valence-electron chi connectivity index (χ2n) is 1.89. The van der Waals surface area contributed by atoms with Crippen LogP contribution in [-0.4, -0.2) is 5.11 Å². The molecule has 1 aromatic carbocycles. The molecule has 0 aliphatic heterocycles. The van der Waals surface area contributed by atoms with E-state index in [2.05, 4.69) is 4.98 Å². The molecule has 0 saturated heterocycles. The minimum Gasteiger partial charge on any atom is -0.391 e. The first kappa shape index (κ1) is 6.72. The van der Waals surface area contributed by atoms with Crippen molar-refractivity contribution in [3.05, 3.63) is 34.8 Å². The highest BCUT2D eigenvalue weighted by Gasteiger charge is 2.09. The maximum atomic E-state index is 8.68. The Morgan fingerprint density at radius 1 is 1.40 bits per heavy atom. The summed E-state index contributed by atoms with van der Waals surface area (Å²) in [6.07, 6.45) is 0. The lowest BCUT2D eigenvalue weighted by molar-refractivity contribution is 0.282. The molecule has 0 atom stereocenters. The van der Waals surface area contributed by atoms with E-state index in [0.29, 0.717) is 11.3 Å². The van der Waals surface area contributed by atoms with Crippen molar-refractivity contribution in [2.45, 2.75) is 6.61 Å². The Kier molecular flexibility index (Phi) is 1.98. The van der Waals surface area contributed by atoms with E-state index in [1.807, 2.05) is 0 Å². The van der Waals surface area contributed by atoms with Crippen molar-refractivity contribution in [2.24, 2.45) is 0 Å². The first-order chi connectivity index (χ1) is 4.88. The normalized spacial score (nSPS) is 8.80. The molecular weight excluding hydrogens is 128 g/mol. The molecule has 0 fully saturated rings. The SMILES string of the molecule is N#[N+]c1ccccc1CO. The first-order valence-electron chi connectivity index (χ1n) is 2.92. The number of hydrogen-bond donors (Lipinski definition) is 1. The molecule has 0 amide bonds. The van der Waals surface area contributed by atoms with Crippen LogP contribution in [0.15, 0.2) is 24.3 Å². The highest BCUT2D eigenvalue weighted by Crippen LogP contribution is 2.17. The van der Waals surface area contributed by atoms with Gasteiger partial charge in [-0.2, -0.15) is 0 Å². The molecule has 0 unspecified atom stereocenters. The molecule has 1 N–H and O–H groups in total. The van der Waals surface area contributed by atoms with Crippen molar-refractivity contribution in [2.75, 3.05) is 0 Å². The second-order valence-corrected chi connectivity index (χ2v) is 1.89. The quantitative estimate of drug-likeness (QED) is 0.595. The predicted octanol–water partition coefficient (Wildman–Crippen LogP) is 1.66. The van der Waals surface area contributed by atoms with Gasteiger partial charge in [-0.1, -0.05) is 12.1 Å². The van der Waals surface area contributed by atoms with Gasteiger partial charge in [0.15, 0.2) is 4.98 Å². The summed E-state index contributed by atoms with van der Waals surface area (Å²) in [5, 5.41) is 17.0. The monoisotopic (exact) mass is 135 g/mol. The third-order valence-electron chi connectivity index (χ3n) is 1.27. The molecule has 10 heavy (non-hydrogen) atoms. The molecule has 0 aliphatic carbocycles. The molecule has 0 bridgehead atoms. The third-order valence-corrected chi connectivity index (χ3v) is 1.27. The van der Waals surface area contributed by atoms with Crippen molar-refractivity contribution in [3.63, 3.8) is 0 Å². The number of aliphatic hydroxyl groups excluding tert-OH is 1. The molecule has 0 aromatic heterocycles. The average Bonchev–Trinajstić information content (AvgIpc) is 2.04. The minimum atomic E-state index is -0.0970. The van der Waals surface area contributed by atoms with Gasteiger partial charge < -0.3 is 5.11 Å². The van der Waals surface area contributed by atoms with Crippen LogP contribution >= 0.6 is 0 Å². The lowest BCUT2D eigenvalue weighted by Gasteiger charge is -1.86. The molecule has 1 rings (SSSR count). The van der Waals surface area contributed by atoms with E-state index in [1.54, 1.807) is 24.3 Å². The Morgan fingerprint density at radius 3 is 2.60 bits per heavy atom. The van der Waals surface area contributed by atoms with E-state index in [-0.39, 0.29) is 6.61 Å². The minimum absolute atomic E-state index is 0.0970. The van der Waals surface area contributed by atoms with Gasteiger partial charge in [-0.25, -0.2) is 0 Å². The fraction of sp³-hybridized carbons (Fsp3) is 0.143. The summed E-state index contributed by atoms with van der Waals surface area (Å²) >= 11 is 0. The highest BCUT2D eigenvalue weighted by atomic mass is 16.3. The lowest BCUT2D eigenvalue weighted by Crippen LogP contribution is -1.80. The molecule has 0 aliphatic rings. The number of rotatable bonds is 1. The Balaban J connectivity index is 3.12. The Labute approximate surface area is 58.6 Å². The standard InChI is InChI=1S/C7H7N2O/c8-9-7-4-2-1-3-6(7)5-10/h1-4,10H,5H2/q+1. The van der Waals surface area contributed by atoms with Crippen LogP contribution in [0.1, 0.15) is 5.56 Å². The highest BCUT2D eigenvalue weighted by molar-refractivity contribution is 5.50. The Hall–Kier alpha value is -1.40. The fourth-order valence-corrected chi connectivity index (χ4v) is 0.742. The average molecular weight is 135 g/mol. The third kappa shape index (κ3) is 1.12. The summed E-state index contributed by atoms with van der Waals surface area (Å²) in [6, 6.07) is 6.86. The number of nitrogens with zero attached hydrogens (tertiary/aromatic N) is 2. The smallest absolute Gasteiger partial charge is 0.390 e. The van der Waals surface area contributed by atoms with Crippen molar-refractivity contribution >= 4 is 5.69 Å². The number of benzene rings is 1. The fourth-order valence-electron chi connectivity index (χ4n) is 0.742. The van der Waals surface area contributed by atoms with Crippen LogP contribution in [0.5, 0.6) is 0 Å². The van der Waals surface area contributed by atoms with Crippen LogP contribution < -0.4 is 0 Å². The van der Waals surface area contributed by atoms with E-state index < -0.39 is 0 Å². The van der Waals surface area contributed by atoms with E-state index >= 15 is 0 Å². The molecular formula is C7H7N2O+. The van der Waals surface area contributed by atoms with Gasteiger partial charge >= 0.3 is 5.69 Å². The summed E-state index contributed by atoms with van der Waals surface area (Å²) in [7, 11) is 0. The van der Waals surface area contributed by atoms with Crippen LogP contribution in [0.25, 0.3) is 4.98 Å². The number of hydrogen-bond acceptors (Lipinski definition) is 2. The number of aliphatic hydroxyl groups is 1. The van der Waals surface area contributed by atoms with E-state index in [4.69, 9.17) is 10.5 Å². The predicted molar refractivity (Wildman–Crippen MR) is 37.1 cm³/mol. The van der Waals surface area contributed by atoms with Crippen molar-refractivity contribution in [1.82, 2.24) is 0 Å². The van der Waals surface area contributed by atoms with Crippen LogP contribution in [0.3, 0.4) is 0 Å². The summed E-state index contributed by atoms with van der Waals surface area (Å²) in [5.41, 5.74) is 1.05. The molecule has 0 radical (unpaired) electrons. The molecule has 3 heteroatoms. The topological polar surface area (TPSA) is 48.4 Å². The van der Waals surface area contributed by atoms with Gasteiger partial charge in [-0.15, -0.1) is 0 Å². The zero-order chi connectivity index (χ0) is 7.40. The molecule has 3 nitrogen and oxygen atoms in total. The zero-order valence-electron chi connectivity index (χ0n) is 5.36. The zero-order valence-corrected chi connectivity index (χ0v) is 5.36.